The second-order valence-electron chi connectivity index (χ2n) is 4.03. The molecule has 0 saturated carbocycles. The molecule has 2 heteroatoms. The lowest BCUT2D eigenvalue weighted by Gasteiger charge is -2.10. The molecule has 0 radical (unpaired) electrons. The van der Waals surface area contributed by atoms with Crippen LogP contribution in [0.2, 0.25) is 5.02 Å². The summed E-state index contributed by atoms with van der Waals surface area (Å²) in [6, 6.07) is 5.94. The van der Waals surface area contributed by atoms with Crippen LogP contribution in [0.15, 0.2) is 24.8 Å². The lowest BCUT2D eigenvalue weighted by Crippen LogP contribution is -1.99. The molecule has 1 aromatic carbocycles. The molecule has 0 spiro atoms. The van der Waals surface area contributed by atoms with Crippen molar-refractivity contribution in [2.75, 3.05) is 0 Å². The van der Waals surface area contributed by atoms with Gasteiger partial charge in [0.25, 0.3) is 0 Å². The van der Waals surface area contributed by atoms with Gasteiger partial charge in [0, 0.05) is 5.02 Å². The van der Waals surface area contributed by atoms with Crippen molar-refractivity contribution in [3.05, 3.63) is 46.5 Å². The first-order valence-corrected chi connectivity index (χ1v) is 5.40. The molecule has 2 atom stereocenters. The maximum atomic E-state index is 9.04. The highest BCUT2D eigenvalue weighted by Gasteiger charge is 2.29. The van der Waals surface area contributed by atoms with Crippen LogP contribution in [0.3, 0.4) is 0 Å². The van der Waals surface area contributed by atoms with Crippen LogP contribution in [0.25, 0.3) is 0 Å². The first kappa shape index (κ1) is 10.3. The van der Waals surface area contributed by atoms with Crippen LogP contribution in [0, 0.1) is 17.2 Å². The Hall–Kier alpha value is -1.26. The number of rotatable bonds is 1. The van der Waals surface area contributed by atoms with Crippen LogP contribution >= 0.6 is 11.6 Å². The van der Waals surface area contributed by atoms with E-state index in [1.165, 1.54) is 5.56 Å². The number of hydrogen-bond donors (Lipinski definition) is 0. The lowest BCUT2D eigenvalue weighted by atomic mass is 9.95. The van der Waals surface area contributed by atoms with E-state index in [1.807, 2.05) is 12.1 Å². The molecule has 0 aliphatic heterocycles. The highest BCUT2D eigenvalue weighted by atomic mass is 35.5. The Balaban J connectivity index is 2.59. The molecule has 1 aliphatic rings. The Morgan fingerprint density at radius 2 is 2.33 bits per heavy atom. The van der Waals surface area contributed by atoms with E-state index < -0.39 is 0 Å². The highest BCUT2D eigenvalue weighted by Crippen LogP contribution is 2.41. The minimum Gasteiger partial charge on any atom is -0.192 e. The molecular formula is C13H12ClN. The fourth-order valence-electron chi connectivity index (χ4n) is 2.32. The number of nitrogens with zero attached hydrogens (tertiary/aromatic N) is 1. The number of halogens is 1. The van der Waals surface area contributed by atoms with Gasteiger partial charge < -0.3 is 0 Å². The van der Waals surface area contributed by atoms with Gasteiger partial charge in [0.1, 0.15) is 0 Å². The minimum atomic E-state index is 0.420. The number of fused-ring (bicyclic) bond motifs is 1. The summed E-state index contributed by atoms with van der Waals surface area (Å²) in [5, 5.41) is 9.69. The summed E-state index contributed by atoms with van der Waals surface area (Å²) in [5.41, 5.74) is 3.08. The predicted octanol–water partition coefficient (Wildman–Crippen LogP) is 3.67. The second-order valence-corrected chi connectivity index (χ2v) is 4.46. The highest BCUT2D eigenvalue weighted by molar-refractivity contribution is 6.30. The normalized spacial score (nSPS) is 23.3. The molecule has 1 unspecified atom stereocenters. The third-order valence-electron chi connectivity index (χ3n) is 3.25. The van der Waals surface area contributed by atoms with Crippen LogP contribution in [0.5, 0.6) is 0 Å². The van der Waals surface area contributed by atoms with Crippen LogP contribution in [-0.2, 0) is 6.42 Å². The summed E-state index contributed by atoms with van der Waals surface area (Å²) >= 11 is 5.99. The molecule has 1 aromatic rings. The van der Waals surface area contributed by atoms with E-state index >= 15 is 0 Å². The second kappa shape index (κ2) is 3.72. The molecule has 2 rings (SSSR count). The molecule has 1 aliphatic carbocycles. The van der Waals surface area contributed by atoms with Gasteiger partial charge in [0.2, 0.25) is 0 Å². The quantitative estimate of drug-likeness (QED) is 0.659. The van der Waals surface area contributed by atoms with Crippen LogP contribution in [-0.4, -0.2) is 0 Å². The Morgan fingerprint density at radius 1 is 1.60 bits per heavy atom. The number of nitriles is 1. The largest absolute Gasteiger partial charge is 0.192 e. The van der Waals surface area contributed by atoms with E-state index in [1.54, 1.807) is 6.07 Å². The molecular weight excluding hydrogens is 206 g/mol. The number of benzene rings is 1. The molecule has 15 heavy (non-hydrogen) atoms. The van der Waals surface area contributed by atoms with E-state index in [0.717, 1.165) is 12.0 Å². The van der Waals surface area contributed by atoms with Crippen LogP contribution < -0.4 is 0 Å². The van der Waals surface area contributed by atoms with E-state index in [9.17, 15) is 0 Å². The van der Waals surface area contributed by atoms with E-state index in [4.69, 9.17) is 16.9 Å². The first-order chi connectivity index (χ1) is 7.17. The summed E-state index contributed by atoms with van der Waals surface area (Å²) in [4.78, 5) is 0. The standard InChI is InChI=1S/C13H12ClN/c1-3-9-5-13-10(7-15)4-11(14)6-12(13)8(9)2/h3-4,6,8-9H,1,5H2,2H3/t8?,9-/m0/s1. The number of hydrogen-bond acceptors (Lipinski definition) is 1. The van der Waals surface area contributed by atoms with Gasteiger partial charge in [-0.15, -0.1) is 6.58 Å². The number of allylic oxidation sites excluding steroid dienone is 1. The van der Waals surface area contributed by atoms with Crippen molar-refractivity contribution in [1.82, 2.24) is 0 Å². The Morgan fingerprint density at radius 3 is 2.93 bits per heavy atom. The molecule has 0 amide bonds. The zero-order valence-electron chi connectivity index (χ0n) is 8.63. The zero-order chi connectivity index (χ0) is 11.0. The summed E-state index contributed by atoms with van der Waals surface area (Å²) < 4.78 is 0. The smallest absolute Gasteiger partial charge is 0.0995 e. The first-order valence-electron chi connectivity index (χ1n) is 5.02. The van der Waals surface area contributed by atoms with E-state index in [2.05, 4.69) is 19.6 Å². The molecule has 0 heterocycles. The molecule has 0 aromatic heterocycles. The van der Waals surface area contributed by atoms with Crippen molar-refractivity contribution < 1.29 is 0 Å². The summed E-state index contributed by atoms with van der Waals surface area (Å²) in [6.07, 6.45) is 2.89. The Bertz CT molecular complexity index is 456. The third-order valence-corrected chi connectivity index (χ3v) is 3.46. The maximum Gasteiger partial charge on any atom is 0.0995 e. The van der Waals surface area contributed by atoms with Gasteiger partial charge in [-0.1, -0.05) is 24.6 Å². The minimum absolute atomic E-state index is 0.420. The molecule has 0 fully saturated rings. The monoisotopic (exact) mass is 217 g/mol. The van der Waals surface area contributed by atoms with Gasteiger partial charge in [-0.2, -0.15) is 5.26 Å². The fourth-order valence-corrected chi connectivity index (χ4v) is 2.55. The van der Waals surface area contributed by atoms with Gasteiger partial charge in [-0.3, -0.25) is 0 Å². The van der Waals surface area contributed by atoms with E-state index in [0.29, 0.717) is 22.4 Å². The molecule has 0 bridgehead atoms. The van der Waals surface area contributed by atoms with Gasteiger partial charge in [-0.05, 0) is 41.5 Å². The van der Waals surface area contributed by atoms with Crippen molar-refractivity contribution in [2.24, 2.45) is 5.92 Å². The van der Waals surface area contributed by atoms with Gasteiger partial charge >= 0.3 is 0 Å². The zero-order valence-corrected chi connectivity index (χ0v) is 9.38. The topological polar surface area (TPSA) is 23.8 Å². The lowest BCUT2D eigenvalue weighted by molar-refractivity contribution is 0.593. The van der Waals surface area contributed by atoms with Crippen LogP contribution in [0.4, 0.5) is 0 Å². The van der Waals surface area contributed by atoms with Crippen molar-refractivity contribution in [1.29, 1.82) is 5.26 Å². The van der Waals surface area contributed by atoms with Crippen molar-refractivity contribution in [3.63, 3.8) is 0 Å². The van der Waals surface area contributed by atoms with Crippen LogP contribution in [0.1, 0.15) is 29.5 Å². The average molecular weight is 218 g/mol. The molecule has 1 nitrogen and oxygen atoms in total. The van der Waals surface area contributed by atoms with Crippen molar-refractivity contribution in [3.8, 4) is 6.07 Å². The Kier molecular flexibility index (Phi) is 2.54. The average Bonchev–Trinajstić information content (AvgIpc) is 2.55. The SMILES string of the molecule is C=C[C@H]1Cc2c(C#N)cc(Cl)cc2C1C. The summed E-state index contributed by atoms with van der Waals surface area (Å²) in [5.74, 6) is 0.855. The Labute approximate surface area is 95.0 Å². The summed E-state index contributed by atoms with van der Waals surface area (Å²) in [6.45, 7) is 6.00. The molecule has 0 saturated heterocycles. The van der Waals surface area contributed by atoms with Gasteiger partial charge in [-0.25, -0.2) is 0 Å². The van der Waals surface area contributed by atoms with Crippen molar-refractivity contribution >= 4 is 11.6 Å². The maximum absolute atomic E-state index is 9.04. The van der Waals surface area contributed by atoms with Gasteiger partial charge in [0.05, 0.1) is 11.6 Å². The summed E-state index contributed by atoms with van der Waals surface area (Å²) in [7, 11) is 0. The third kappa shape index (κ3) is 1.56. The predicted molar refractivity (Wildman–Crippen MR) is 62.0 cm³/mol. The van der Waals surface area contributed by atoms with Crippen molar-refractivity contribution in [2.45, 2.75) is 19.3 Å². The van der Waals surface area contributed by atoms with Gasteiger partial charge in [0.15, 0.2) is 0 Å². The molecule has 76 valence electrons. The fraction of sp³-hybridized carbons (Fsp3) is 0.308. The molecule has 0 N–H and O–H groups in total. The van der Waals surface area contributed by atoms with E-state index in [-0.39, 0.29) is 0 Å².